The summed E-state index contributed by atoms with van der Waals surface area (Å²) in [5.74, 6) is 1.49. The fourth-order valence-electron chi connectivity index (χ4n) is 16.0. The predicted octanol–water partition coefficient (Wildman–Crippen LogP) is 16.2. The van der Waals surface area contributed by atoms with Crippen LogP contribution in [0.25, 0.3) is 16.5 Å². The van der Waals surface area contributed by atoms with Crippen LogP contribution in [0.3, 0.4) is 0 Å². The van der Waals surface area contributed by atoms with E-state index < -0.39 is 0 Å². The van der Waals surface area contributed by atoms with Crippen molar-refractivity contribution in [3.05, 3.63) is 301 Å². The molecule has 5 aliphatic heterocycles. The van der Waals surface area contributed by atoms with E-state index in [-0.39, 0.29) is 62.6 Å². The van der Waals surface area contributed by atoms with Gasteiger partial charge in [-0.05, 0) is 114 Å². The summed E-state index contributed by atoms with van der Waals surface area (Å²) < 4.78 is 2.22. The first-order valence-electron chi connectivity index (χ1n) is 36.1. The Balaban J connectivity index is 0.000000144. The number of carbonyl (C=O) groups excluding carboxylic acids is 1. The van der Waals surface area contributed by atoms with Crippen LogP contribution >= 0.6 is 0 Å². The highest BCUT2D eigenvalue weighted by Crippen LogP contribution is 2.49. The third kappa shape index (κ3) is 14.8. The molecule has 15 heteroatoms. The third-order valence-corrected chi connectivity index (χ3v) is 21.4. The number of rotatable bonds is 18. The summed E-state index contributed by atoms with van der Waals surface area (Å²) in [6.45, 7) is 28.1. The first kappa shape index (κ1) is 71.9. The molecule has 0 amide bonds. The second-order valence-electron chi connectivity index (χ2n) is 27.5. The molecule has 2 aromatic heterocycles. The Labute approximate surface area is 603 Å². The normalized spacial score (nSPS) is 19.4. The molecule has 6 atom stereocenters. The van der Waals surface area contributed by atoms with Gasteiger partial charge >= 0.3 is 0 Å². The third-order valence-electron chi connectivity index (χ3n) is 21.4. The van der Waals surface area contributed by atoms with Crippen LogP contribution in [0.2, 0.25) is 0 Å². The SMILES string of the molecule is C.C.C=C1NN=C2c3c(cccc31)CC(c1ccc(CN(CC)CC)cc1)C2c1cccc(CN(CC)CC)c1.CCCn1ccnc1C1C2=NCC(=O)c3cccc(c32)NC1c1ccccc1.CN1CCN(Cc2cccc(C3c4n[nH]c(=O)c5cccc(c45)NC3c3ccccc3)c2)CC1. The van der Waals surface area contributed by atoms with Crippen molar-refractivity contribution < 1.29 is 4.79 Å². The fourth-order valence-corrected chi connectivity index (χ4v) is 16.0. The summed E-state index contributed by atoms with van der Waals surface area (Å²) >= 11 is 0. The quantitative estimate of drug-likeness (QED) is 0.0649. The zero-order chi connectivity index (χ0) is 68.8. The van der Waals surface area contributed by atoms with Crippen LogP contribution in [-0.2, 0) is 32.6 Å². The lowest BCUT2D eigenvalue weighted by molar-refractivity contribution is 0.0999. The largest absolute Gasteiger partial charge is 0.377 e. The monoisotopic (exact) mass is 1360 g/mol. The van der Waals surface area contributed by atoms with Crippen molar-refractivity contribution in [2.45, 2.75) is 124 Å². The number of carbonyl (C=O) groups is 1. The van der Waals surface area contributed by atoms with Crippen LogP contribution < -0.4 is 21.6 Å². The predicted molar refractivity (Wildman–Crippen MR) is 420 cm³/mol. The summed E-state index contributed by atoms with van der Waals surface area (Å²) in [5, 5.41) is 21.4. The number of likely N-dealkylation sites (N-methyl/N-ethyl adjacent to an activating group) is 1. The lowest BCUT2D eigenvalue weighted by atomic mass is 9.67. The molecule has 0 radical (unpaired) electrons. The molecule has 1 saturated heterocycles. The van der Waals surface area contributed by atoms with Crippen LogP contribution in [0, 0.1) is 0 Å². The number of nitrogens with one attached hydrogen (secondary N) is 4. The van der Waals surface area contributed by atoms with Gasteiger partial charge in [0.25, 0.3) is 5.56 Å². The van der Waals surface area contributed by atoms with Crippen molar-refractivity contribution in [2.75, 3.05) is 76.6 Å². The van der Waals surface area contributed by atoms with Gasteiger partial charge in [0.15, 0.2) is 5.78 Å². The van der Waals surface area contributed by atoms with E-state index in [1.54, 1.807) is 0 Å². The van der Waals surface area contributed by atoms with Gasteiger partial charge < -0.3 is 20.1 Å². The zero-order valence-electron chi connectivity index (χ0n) is 58.7. The number of Topliss-reactive ketones (excluding diaryl/α,β-unsaturated/α-hetero) is 1. The van der Waals surface area contributed by atoms with E-state index in [0.717, 1.165) is 148 Å². The Hall–Kier alpha value is -9.90. The molecule has 10 aromatic rings. The van der Waals surface area contributed by atoms with Gasteiger partial charge in [0.2, 0.25) is 0 Å². The molecule has 8 aromatic carbocycles. The average Bonchev–Trinajstić information content (AvgIpc) is 0.898. The molecule has 0 bridgehead atoms. The first-order valence-corrected chi connectivity index (χ1v) is 36.1. The molecule has 1 aliphatic carbocycles. The molecule has 6 aliphatic rings. The number of aromatic amines is 1. The van der Waals surface area contributed by atoms with Gasteiger partial charge in [-0.1, -0.05) is 226 Å². The summed E-state index contributed by atoms with van der Waals surface area (Å²) in [6, 6.07) is 66.9. The lowest BCUT2D eigenvalue weighted by Crippen LogP contribution is -2.43. The minimum Gasteiger partial charge on any atom is -0.377 e. The van der Waals surface area contributed by atoms with Gasteiger partial charge in [0.05, 0.1) is 52.1 Å². The minimum absolute atomic E-state index is 0. The molecule has 526 valence electrons. The number of aryl methyl sites for hydroxylation is 1. The maximum absolute atomic E-state index is 12.6. The molecule has 0 spiro atoms. The number of aliphatic imine (C=N–C) groups is 1. The number of ketones is 1. The number of hydrazone groups is 1. The van der Waals surface area contributed by atoms with Crippen molar-refractivity contribution in [2.24, 2.45) is 10.1 Å². The van der Waals surface area contributed by atoms with Gasteiger partial charge in [-0.2, -0.15) is 10.2 Å². The van der Waals surface area contributed by atoms with Gasteiger partial charge in [0, 0.05) is 116 Å². The molecule has 15 nitrogen and oxygen atoms in total. The van der Waals surface area contributed by atoms with E-state index in [2.05, 4.69) is 238 Å². The van der Waals surface area contributed by atoms with Crippen LogP contribution in [0.4, 0.5) is 11.4 Å². The molecule has 1 fully saturated rings. The summed E-state index contributed by atoms with van der Waals surface area (Å²) in [6.07, 6.45) is 5.93. The number of hydrogen-bond donors (Lipinski definition) is 4. The first-order chi connectivity index (χ1) is 49.0. The van der Waals surface area contributed by atoms with Crippen molar-refractivity contribution in [3.8, 4) is 0 Å². The Morgan fingerprint density at radius 1 is 0.569 bits per heavy atom. The number of hydrogen-bond acceptors (Lipinski definition) is 13. The van der Waals surface area contributed by atoms with Crippen molar-refractivity contribution in [1.29, 1.82) is 0 Å². The molecule has 102 heavy (non-hydrogen) atoms. The minimum atomic E-state index is -0.150. The molecule has 6 unspecified atom stereocenters. The van der Waals surface area contributed by atoms with E-state index in [9.17, 15) is 9.59 Å². The van der Waals surface area contributed by atoms with Gasteiger partial charge in [-0.15, -0.1) is 0 Å². The highest BCUT2D eigenvalue weighted by molar-refractivity contribution is 6.21. The molecular formula is C87H101N13O2. The molecule has 16 rings (SSSR count). The van der Waals surface area contributed by atoms with E-state index in [4.69, 9.17) is 15.1 Å². The number of piperazine rings is 1. The zero-order valence-corrected chi connectivity index (χ0v) is 58.7. The lowest BCUT2D eigenvalue weighted by Gasteiger charge is -2.38. The number of nitrogens with zero attached hydrogens (tertiary/aromatic N) is 9. The Morgan fingerprint density at radius 2 is 1.17 bits per heavy atom. The van der Waals surface area contributed by atoms with Crippen molar-refractivity contribution in [3.63, 3.8) is 0 Å². The number of H-pyrrole nitrogens is 1. The fraction of sp³-hybridized carbons (Fsp3) is 0.333. The second-order valence-corrected chi connectivity index (χ2v) is 27.5. The Kier molecular flexibility index (Phi) is 22.8. The van der Waals surface area contributed by atoms with Gasteiger partial charge in [0.1, 0.15) is 12.4 Å². The van der Waals surface area contributed by atoms with Gasteiger partial charge in [-0.25, -0.2) is 10.1 Å². The number of aromatic nitrogens is 4. The Bertz CT molecular complexity index is 4680. The molecule has 4 N–H and O–H groups in total. The van der Waals surface area contributed by atoms with Gasteiger partial charge in [-0.3, -0.25) is 34.7 Å². The van der Waals surface area contributed by atoms with Crippen LogP contribution in [0.5, 0.6) is 0 Å². The van der Waals surface area contributed by atoms with E-state index >= 15 is 0 Å². The summed E-state index contributed by atoms with van der Waals surface area (Å²) in [4.78, 5) is 44.4. The number of imidazole rings is 1. The highest BCUT2D eigenvalue weighted by atomic mass is 16.1. The van der Waals surface area contributed by atoms with Crippen LogP contribution in [0.15, 0.2) is 222 Å². The Morgan fingerprint density at radius 3 is 1.86 bits per heavy atom. The number of benzene rings is 8. The van der Waals surface area contributed by atoms with Crippen LogP contribution in [-0.4, -0.2) is 123 Å². The second kappa shape index (κ2) is 32.4. The molecule has 7 heterocycles. The standard InChI is InChI=1S/C34H42N4.C28H29N5O.C23H22N4O.2CH4/c1-6-37(7-2)22-25-16-18-27(19-17-25)31-21-29-14-11-15-30-24(5)35-36-34(32(29)30)33(31)28-13-10-12-26(20-28)23-38(8-3)9-4;1-32-13-15-33(16-14-32)18-19-7-5-10-21(17-19)24-26(20-8-3-2-4-9-20)29-23-12-6-11-22-25(23)27(24)30-31-28(22)34;1-2-12-27-13-11-24-23(27)20-21(15-7-4-3-5-8-15)26-17-10-6-9-16-18(28)14-25-22(20)19(16)17;;/h10-20,31,33,35H,5-9,21-23H2,1-4H3;2-12,17,24,26,29H,13-16,18H2,1H3,(H,31,34);3-11,13,20-21,26H,2,12,14H2,1H3;2*1H4. The highest BCUT2D eigenvalue weighted by Gasteiger charge is 2.43. The van der Waals surface area contributed by atoms with Crippen molar-refractivity contribution >= 4 is 45.1 Å². The average molecular weight is 1360 g/mol. The van der Waals surface area contributed by atoms with E-state index in [0.29, 0.717) is 11.3 Å². The summed E-state index contributed by atoms with van der Waals surface area (Å²) in [5.41, 5.74) is 24.9. The topological polar surface area (TPSA) is 154 Å². The molecular weight excluding hydrogens is 1260 g/mol. The van der Waals surface area contributed by atoms with Crippen molar-refractivity contribution in [1.82, 2.24) is 44.8 Å². The smallest absolute Gasteiger partial charge is 0.272 e. The summed E-state index contributed by atoms with van der Waals surface area (Å²) in [7, 11) is 2.19. The van der Waals surface area contributed by atoms with E-state index in [1.165, 1.54) is 61.2 Å². The van der Waals surface area contributed by atoms with Crippen LogP contribution in [0.1, 0.15) is 180 Å². The van der Waals surface area contributed by atoms with E-state index in [1.807, 2.05) is 60.9 Å². The molecule has 0 saturated carbocycles. The maximum Gasteiger partial charge on any atom is 0.272 e. The number of anilines is 2. The maximum atomic E-state index is 12.6.